The highest BCUT2D eigenvalue weighted by atomic mass is 32.2. The first-order valence-corrected chi connectivity index (χ1v) is 12.6. The third-order valence-corrected chi connectivity index (χ3v) is 7.95. The Kier molecular flexibility index (Phi) is 6.86. The summed E-state index contributed by atoms with van der Waals surface area (Å²) in [7, 11) is -0.980. The van der Waals surface area contributed by atoms with Gasteiger partial charge in [0.05, 0.1) is 22.9 Å². The van der Waals surface area contributed by atoms with Gasteiger partial charge in [-0.2, -0.15) is 26.3 Å². The van der Waals surface area contributed by atoms with Gasteiger partial charge < -0.3 is 10.2 Å². The van der Waals surface area contributed by atoms with Crippen LogP contribution in [0.25, 0.3) is 0 Å². The Hall–Kier alpha value is -3.03. The molecule has 1 saturated heterocycles. The van der Waals surface area contributed by atoms with Gasteiger partial charge in [-0.05, 0) is 48.4 Å². The van der Waals surface area contributed by atoms with Crippen molar-refractivity contribution in [3.63, 3.8) is 0 Å². The standard InChI is InChI=1S/C24H20F8N2O3S/c1-12-5-13(3-4-18(12)20(35)33-17-10-38(36)11-17)19-9-22(37-34-19,21(2,25)26)14-6-15(23(27,28)29)8-16(7-14)24(30,31)32/h3-8,17H,9-11H2,1-2H3,(H,33,35). The van der Waals surface area contributed by atoms with Crippen LogP contribution in [0, 0.1) is 6.92 Å². The molecule has 1 unspecified atom stereocenters. The summed E-state index contributed by atoms with van der Waals surface area (Å²) in [6, 6.07) is 4.18. The largest absolute Gasteiger partial charge is 0.416 e. The lowest BCUT2D eigenvalue weighted by atomic mass is 9.81. The first-order chi connectivity index (χ1) is 17.4. The highest BCUT2D eigenvalue weighted by Crippen LogP contribution is 2.50. The number of halogens is 8. The molecule has 0 spiro atoms. The molecule has 0 bridgehead atoms. The summed E-state index contributed by atoms with van der Waals surface area (Å²) in [5, 5.41) is 6.33. The van der Waals surface area contributed by atoms with Crippen LogP contribution in [0.3, 0.4) is 0 Å². The van der Waals surface area contributed by atoms with Gasteiger partial charge in [0, 0.05) is 46.8 Å². The summed E-state index contributed by atoms with van der Waals surface area (Å²) in [4.78, 5) is 17.5. The molecule has 1 fully saturated rings. The van der Waals surface area contributed by atoms with E-state index in [1.807, 2.05) is 0 Å². The van der Waals surface area contributed by atoms with Gasteiger partial charge in [-0.1, -0.05) is 11.2 Å². The molecular formula is C24H20F8N2O3S. The summed E-state index contributed by atoms with van der Waals surface area (Å²) in [6.45, 7) is 1.88. The van der Waals surface area contributed by atoms with Crippen molar-refractivity contribution in [2.24, 2.45) is 5.16 Å². The van der Waals surface area contributed by atoms with E-state index in [4.69, 9.17) is 4.84 Å². The van der Waals surface area contributed by atoms with Crippen LogP contribution in [-0.2, 0) is 33.6 Å². The monoisotopic (exact) mass is 568 g/mol. The van der Waals surface area contributed by atoms with Gasteiger partial charge in [0.25, 0.3) is 11.8 Å². The Morgan fingerprint density at radius 2 is 1.58 bits per heavy atom. The summed E-state index contributed by atoms with van der Waals surface area (Å²) in [6.07, 6.45) is -11.3. The lowest BCUT2D eigenvalue weighted by Gasteiger charge is -2.33. The number of hydrogen-bond donors (Lipinski definition) is 1. The zero-order chi connectivity index (χ0) is 28.3. The minimum absolute atomic E-state index is 0.151. The van der Waals surface area contributed by atoms with Crippen molar-refractivity contribution in [2.45, 2.75) is 50.2 Å². The maximum absolute atomic E-state index is 14.9. The van der Waals surface area contributed by atoms with Crippen molar-refractivity contribution in [2.75, 3.05) is 11.5 Å². The van der Waals surface area contributed by atoms with E-state index in [0.29, 0.717) is 24.0 Å². The van der Waals surface area contributed by atoms with Crippen LogP contribution in [0.4, 0.5) is 35.1 Å². The van der Waals surface area contributed by atoms with Crippen molar-refractivity contribution in [1.29, 1.82) is 0 Å². The zero-order valence-corrected chi connectivity index (χ0v) is 20.6. The molecule has 1 atom stereocenters. The smallest absolute Gasteiger partial charge is 0.377 e. The Balaban J connectivity index is 1.68. The van der Waals surface area contributed by atoms with Gasteiger partial charge in [0.2, 0.25) is 5.60 Å². The molecule has 0 saturated carbocycles. The normalized spacial score (nSPS) is 23.9. The van der Waals surface area contributed by atoms with E-state index in [9.17, 15) is 44.1 Å². The van der Waals surface area contributed by atoms with Gasteiger partial charge in [0.1, 0.15) is 0 Å². The number of aryl methyl sites for hydroxylation is 1. The lowest BCUT2D eigenvalue weighted by molar-refractivity contribution is -0.194. The van der Waals surface area contributed by atoms with Crippen molar-refractivity contribution in [1.82, 2.24) is 5.32 Å². The van der Waals surface area contributed by atoms with E-state index in [0.717, 1.165) is 0 Å². The Morgan fingerprint density at radius 1 is 1.00 bits per heavy atom. The van der Waals surface area contributed by atoms with Crippen LogP contribution < -0.4 is 5.32 Å². The number of carbonyl (C=O) groups excluding carboxylic acids is 1. The Morgan fingerprint density at radius 3 is 2.05 bits per heavy atom. The second-order valence-electron chi connectivity index (χ2n) is 9.29. The van der Waals surface area contributed by atoms with E-state index in [1.54, 1.807) is 6.92 Å². The van der Waals surface area contributed by atoms with E-state index in [-0.39, 0.29) is 41.1 Å². The minimum Gasteiger partial charge on any atom is -0.377 e. The third-order valence-electron chi connectivity index (χ3n) is 6.40. The molecule has 206 valence electrons. The summed E-state index contributed by atoms with van der Waals surface area (Å²) < 4.78 is 121. The SMILES string of the molecule is Cc1cc(C2=NOC(c3cc(C(F)(F)F)cc(C(F)(F)F)c3)(C(C)(F)F)C2)ccc1C(=O)NC1CS(=O)C1. The molecule has 2 aromatic carbocycles. The average Bonchev–Trinajstić information content (AvgIpc) is 3.23. The maximum atomic E-state index is 14.9. The predicted molar refractivity (Wildman–Crippen MR) is 121 cm³/mol. The Bertz CT molecular complexity index is 1290. The highest BCUT2D eigenvalue weighted by Gasteiger charge is 2.59. The Labute approximate surface area is 213 Å². The molecule has 5 nitrogen and oxygen atoms in total. The van der Waals surface area contributed by atoms with E-state index >= 15 is 0 Å². The second-order valence-corrected chi connectivity index (χ2v) is 10.8. The molecular weight excluding hydrogens is 548 g/mol. The number of hydrogen-bond acceptors (Lipinski definition) is 4. The number of nitrogens with one attached hydrogen (secondary N) is 1. The van der Waals surface area contributed by atoms with Crippen LogP contribution in [-0.4, -0.2) is 39.3 Å². The number of oxime groups is 1. The molecule has 2 heterocycles. The molecule has 0 aromatic heterocycles. The molecule has 2 aromatic rings. The van der Waals surface area contributed by atoms with Crippen molar-refractivity contribution >= 4 is 22.4 Å². The third kappa shape index (κ3) is 5.27. The summed E-state index contributed by atoms with van der Waals surface area (Å²) >= 11 is 0. The molecule has 14 heteroatoms. The second kappa shape index (κ2) is 9.31. The fraction of sp³-hybridized carbons (Fsp3) is 0.417. The fourth-order valence-corrected chi connectivity index (χ4v) is 5.23. The van der Waals surface area contributed by atoms with Crippen molar-refractivity contribution in [3.8, 4) is 0 Å². The van der Waals surface area contributed by atoms with Crippen molar-refractivity contribution < 1.29 is 49.0 Å². The first-order valence-electron chi connectivity index (χ1n) is 11.1. The lowest BCUT2D eigenvalue weighted by Crippen LogP contribution is -2.50. The van der Waals surface area contributed by atoms with Crippen molar-refractivity contribution in [3.05, 3.63) is 69.8 Å². The van der Waals surface area contributed by atoms with E-state index < -0.39 is 63.7 Å². The van der Waals surface area contributed by atoms with Gasteiger partial charge in [-0.15, -0.1) is 0 Å². The van der Waals surface area contributed by atoms with Gasteiger partial charge in [0.15, 0.2) is 0 Å². The number of rotatable bonds is 5. The van der Waals surface area contributed by atoms with Crippen LogP contribution >= 0.6 is 0 Å². The molecule has 2 aliphatic rings. The van der Waals surface area contributed by atoms with Gasteiger partial charge >= 0.3 is 12.4 Å². The van der Waals surface area contributed by atoms with E-state index in [2.05, 4.69) is 10.5 Å². The minimum atomic E-state index is -5.25. The molecule has 0 radical (unpaired) electrons. The molecule has 2 aliphatic heterocycles. The molecule has 0 aliphatic carbocycles. The molecule has 4 rings (SSSR count). The van der Waals surface area contributed by atoms with Crippen LogP contribution in [0.15, 0.2) is 41.6 Å². The number of alkyl halides is 8. The quantitative estimate of drug-likeness (QED) is 0.480. The highest BCUT2D eigenvalue weighted by molar-refractivity contribution is 7.86. The molecule has 1 N–H and O–H groups in total. The number of amides is 1. The fourth-order valence-electron chi connectivity index (χ4n) is 4.26. The molecule has 1 amide bonds. The first kappa shape index (κ1) is 28.0. The van der Waals surface area contributed by atoms with Crippen LogP contribution in [0.5, 0.6) is 0 Å². The molecule has 38 heavy (non-hydrogen) atoms. The van der Waals surface area contributed by atoms with Crippen LogP contribution in [0.2, 0.25) is 0 Å². The number of benzene rings is 2. The summed E-state index contributed by atoms with van der Waals surface area (Å²) in [5.41, 5.74) is -6.81. The topological polar surface area (TPSA) is 67.8 Å². The van der Waals surface area contributed by atoms with Gasteiger partial charge in [-0.25, -0.2) is 8.78 Å². The summed E-state index contributed by atoms with van der Waals surface area (Å²) in [5.74, 6) is -3.74. The number of nitrogens with zero attached hydrogens (tertiary/aromatic N) is 1. The predicted octanol–water partition coefficient (Wildman–Crippen LogP) is 5.57. The van der Waals surface area contributed by atoms with Crippen LogP contribution in [0.1, 0.15) is 51.5 Å². The maximum Gasteiger partial charge on any atom is 0.416 e. The van der Waals surface area contributed by atoms with Gasteiger partial charge in [-0.3, -0.25) is 9.00 Å². The van der Waals surface area contributed by atoms with E-state index in [1.165, 1.54) is 18.2 Å². The number of carbonyl (C=O) groups is 1. The average molecular weight is 568 g/mol. The zero-order valence-electron chi connectivity index (χ0n) is 19.8.